The Balaban J connectivity index is 2.37. The fraction of sp³-hybridized carbons (Fsp3) is 0.200. The van der Waals surface area contributed by atoms with Crippen molar-refractivity contribution in [3.63, 3.8) is 0 Å². The van der Waals surface area contributed by atoms with Crippen LogP contribution in [0, 0.1) is 0 Å². The van der Waals surface area contributed by atoms with E-state index in [2.05, 4.69) is 31.3 Å². The van der Waals surface area contributed by atoms with Crippen molar-refractivity contribution in [2.45, 2.75) is 19.8 Å². The Labute approximate surface area is 113 Å². The molecular weight excluding hydrogens is 244 g/mol. The lowest BCUT2D eigenvalue weighted by molar-refractivity contribution is 0.869. The van der Waals surface area contributed by atoms with Crippen molar-refractivity contribution in [1.82, 2.24) is 0 Å². The second-order valence-electron chi connectivity index (χ2n) is 4.57. The molecule has 0 spiro atoms. The smallest absolute Gasteiger partial charge is 0.0742 e. The van der Waals surface area contributed by atoms with Crippen LogP contribution in [0.3, 0.4) is 0 Å². The van der Waals surface area contributed by atoms with Crippen molar-refractivity contribution in [2.24, 2.45) is 0 Å². The molecule has 2 nitrogen and oxygen atoms in total. The number of nitrogens with two attached hydrogens (primary N) is 1. The number of benzene rings is 2. The van der Waals surface area contributed by atoms with E-state index < -0.39 is 0 Å². The number of hydrogen-bond acceptors (Lipinski definition) is 2. The highest BCUT2D eigenvalue weighted by atomic mass is 35.5. The predicted molar refractivity (Wildman–Crippen MR) is 79.7 cm³/mol. The number of para-hydroxylation sites is 2. The van der Waals surface area contributed by atoms with E-state index in [0.29, 0.717) is 16.6 Å². The average Bonchev–Trinajstić information content (AvgIpc) is 2.35. The van der Waals surface area contributed by atoms with Gasteiger partial charge in [-0.3, -0.25) is 0 Å². The quantitative estimate of drug-likeness (QED) is 0.779. The monoisotopic (exact) mass is 260 g/mol. The molecule has 0 aromatic heterocycles. The van der Waals surface area contributed by atoms with Gasteiger partial charge in [-0.15, -0.1) is 0 Å². The van der Waals surface area contributed by atoms with Gasteiger partial charge in [0.15, 0.2) is 0 Å². The number of anilines is 3. The van der Waals surface area contributed by atoms with Gasteiger partial charge in [0.2, 0.25) is 0 Å². The van der Waals surface area contributed by atoms with Crippen molar-refractivity contribution in [1.29, 1.82) is 0 Å². The van der Waals surface area contributed by atoms with Crippen LogP contribution in [0.25, 0.3) is 0 Å². The van der Waals surface area contributed by atoms with E-state index in [0.717, 1.165) is 11.4 Å². The van der Waals surface area contributed by atoms with Gasteiger partial charge in [-0.25, -0.2) is 0 Å². The molecule has 94 valence electrons. The molecule has 0 saturated heterocycles. The van der Waals surface area contributed by atoms with Crippen molar-refractivity contribution >= 4 is 28.7 Å². The molecule has 0 fully saturated rings. The Morgan fingerprint density at radius 2 is 1.67 bits per heavy atom. The molecule has 3 N–H and O–H groups in total. The van der Waals surface area contributed by atoms with E-state index in [1.54, 1.807) is 6.07 Å². The van der Waals surface area contributed by atoms with Crippen LogP contribution in [-0.4, -0.2) is 0 Å². The van der Waals surface area contributed by atoms with Gasteiger partial charge in [0, 0.05) is 5.69 Å². The van der Waals surface area contributed by atoms with Crippen molar-refractivity contribution < 1.29 is 0 Å². The maximum atomic E-state index is 6.02. The SMILES string of the molecule is CC(C)c1ccccc1Nc1cccc(Cl)c1N. The second-order valence-corrected chi connectivity index (χ2v) is 4.98. The maximum absolute atomic E-state index is 6.02. The van der Waals surface area contributed by atoms with Crippen molar-refractivity contribution in [3.8, 4) is 0 Å². The van der Waals surface area contributed by atoms with Crippen LogP contribution in [0.5, 0.6) is 0 Å². The highest BCUT2D eigenvalue weighted by Gasteiger charge is 2.08. The zero-order valence-corrected chi connectivity index (χ0v) is 11.3. The first-order valence-corrected chi connectivity index (χ1v) is 6.37. The molecule has 3 heteroatoms. The Morgan fingerprint density at radius 3 is 2.39 bits per heavy atom. The summed E-state index contributed by atoms with van der Waals surface area (Å²) in [4.78, 5) is 0. The minimum Gasteiger partial charge on any atom is -0.396 e. The molecule has 18 heavy (non-hydrogen) atoms. The number of nitrogen functional groups attached to an aromatic ring is 1. The molecule has 0 saturated carbocycles. The van der Waals surface area contributed by atoms with Crippen LogP contribution in [0.15, 0.2) is 42.5 Å². The Bertz CT molecular complexity index is 550. The highest BCUT2D eigenvalue weighted by molar-refractivity contribution is 6.33. The number of halogens is 1. The summed E-state index contributed by atoms with van der Waals surface area (Å²) < 4.78 is 0. The van der Waals surface area contributed by atoms with Crippen LogP contribution < -0.4 is 11.1 Å². The van der Waals surface area contributed by atoms with Gasteiger partial charge in [0.1, 0.15) is 0 Å². The fourth-order valence-corrected chi connectivity index (χ4v) is 2.08. The standard InChI is InChI=1S/C15H17ClN2/c1-10(2)11-6-3-4-8-13(11)18-14-9-5-7-12(16)15(14)17/h3-10,18H,17H2,1-2H3. The first kappa shape index (κ1) is 12.8. The summed E-state index contributed by atoms with van der Waals surface area (Å²) in [6, 6.07) is 13.8. The molecule has 2 aromatic carbocycles. The van der Waals surface area contributed by atoms with Crippen LogP contribution in [-0.2, 0) is 0 Å². The first-order chi connectivity index (χ1) is 8.59. The zero-order chi connectivity index (χ0) is 13.1. The Morgan fingerprint density at radius 1 is 1.00 bits per heavy atom. The summed E-state index contributed by atoms with van der Waals surface area (Å²) in [5, 5.41) is 3.92. The maximum Gasteiger partial charge on any atom is 0.0742 e. The van der Waals surface area contributed by atoms with Gasteiger partial charge in [0.05, 0.1) is 16.4 Å². The fourth-order valence-electron chi connectivity index (χ4n) is 1.91. The number of hydrogen-bond donors (Lipinski definition) is 2. The average molecular weight is 261 g/mol. The molecule has 0 aliphatic heterocycles. The third-order valence-corrected chi connectivity index (χ3v) is 3.23. The second kappa shape index (κ2) is 5.32. The van der Waals surface area contributed by atoms with Crippen LogP contribution in [0.4, 0.5) is 17.1 Å². The van der Waals surface area contributed by atoms with E-state index in [9.17, 15) is 0 Å². The van der Waals surface area contributed by atoms with Gasteiger partial charge in [-0.1, -0.05) is 49.7 Å². The van der Waals surface area contributed by atoms with Gasteiger partial charge in [-0.2, -0.15) is 0 Å². The topological polar surface area (TPSA) is 38.0 Å². The Kier molecular flexibility index (Phi) is 3.78. The molecule has 0 radical (unpaired) electrons. The zero-order valence-electron chi connectivity index (χ0n) is 10.6. The highest BCUT2D eigenvalue weighted by Crippen LogP contribution is 2.32. The van der Waals surface area contributed by atoms with Gasteiger partial charge >= 0.3 is 0 Å². The van der Waals surface area contributed by atoms with E-state index >= 15 is 0 Å². The van der Waals surface area contributed by atoms with E-state index in [-0.39, 0.29) is 0 Å². The summed E-state index contributed by atoms with van der Waals surface area (Å²) >= 11 is 6.02. The molecular formula is C15H17ClN2. The molecule has 0 atom stereocenters. The molecule has 2 aromatic rings. The lowest BCUT2D eigenvalue weighted by atomic mass is 10.0. The summed E-state index contributed by atoms with van der Waals surface area (Å²) in [7, 11) is 0. The minimum absolute atomic E-state index is 0.453. The largest absolute Gasteiger partial charge is 0.396 e. The van der Waals surface area contributed by atoms with E-state index in [1.165, 1.54) is 5.56 Å². The number of nitrogens with one attached hydrogen (secondary N) is 1. The summed E-state index contributed by atoms with van der Waals surface area (Å²) in [6.07, 6.45) is 0. The van der Waals surface area contributed by atoms with Gasteiger partial charge in [-0.05, 0) is 29.7 Å². The summed E-state index contributed by atoms with van der Waals surface area (Å²) in [5.41, 5.74) is 9.72. The minimum atomic E-state index is 0.453. The molecule has 2 rings (SSSR count). The molecule has 0 heterocycles. The third-order valence-electron chi connectivity index (χ3n) is 2.91. The summed E-state index contributed by atoms with van der Waals surface area (Å²) in [5.74, 6) is 0.453. The molecule has 0 aliphatic carbocycles. The number of rotatable bonds is 3. The molecule has 0 aliphatic rings. The van der Waals surface area contributed by atoms with E-state index in [1.807, 2.05) is 24.3 Å². The van der Waals surface area contributed by atoms with Crippen LogP contribution >= 0.6 is 11.6 Å². The first-order valence-electron chi connectivity index (χ1n) is 5.99. The molecule has 0 amide bonds. The van der Waals surface area contributed by atoms with Crippen molar-refractivity contribution in [2.75, 3.05) is 11.1 Å². The van der Waals surface area contributed by atoms with Crippen LogP contribution in [0.1, 0.15) is 25.3 Å². The van der Waals surface area contributed by atoms with Crippen molar-refractivity contribution in [3.05, 3.63) is 53.1 Å². The Hall–Kier alpha value is -1.67. The van der Waals surface area contributed by atoms with Gasteiger partial charge in [0.25, 0.3) is 0 Å². The predicted octanol–water partition coefficient (Wildman–Crippen LogP) is 4.79. The normalized spacial score (nSPS) is 10.7. The molecule has 0 bridgehead atoms. The molecule has 0 unspecified atom stereocenters. The lowest BCUT2D eigenvalue weighted by Gasteiger charge is -2.16. The van der Waals surface area contributed by atoms with Crippen LogP contribution in [0.2, 0.25) is 5.02 Å². The third kappa shape index (κ3) is 2.59. The summed E-state index contributed by atoms with van der Waals surface area (Å²) in [6.45, 7) is 4.34. The van der Waals surface area contributed by atoms with Gasteiger partial charge < -0.3 is 11.1 Å². The van der Waals surface area contributed by atoms with E-state index in [4.69, 9.17) is 17.3 Å². The lowest BCUT2D eigenvalue weighted by Crippen LogP contribution is -2.00.